The number of carbonyl (C=O) groups is 1. The molecule has 106 valence electrons. The van der Waals surface area contributed by atoms with Crippen LogP contribution in [0.3, 0.4) is 0 Å². The predicted octanol–water partition coefficient (Wildman–Crippen LogP) is 1.88. The number of rotatable bonds is 5. The fourth-order valence-corrected chi connectivity index (χ4v) is 2.42. The summed E-state index contributed by atoms with van der Waals surface area (Å²) in [5.74, 6) is 0.701. The third kappa shape index (κ3) is 3.34. The molecule has 0 bridgehead atoms. The number of ether oxygens (including phenoxy) is 1. The van der Waals surface area contributed by atoms with Crippen LogP contribution in [0.2, 0.25) is 0 Å². The van der Waals surface area contributed by atoms with Gasteiger partial charge in [-0.15, -0.1) is 11.3 Å². The van der Waals surface area contributed by atoms with Crippen molar-refractivity contribution >= 4 is 17.2 Å². The van der Waals surface area contributed by atoms with Gasteiger partial charge in [-0.3, -0.25) is 4.79 Å². The van der Waals surface area contributed by atoms with E-state index in [2.05, 4.69) is 4.98 Å². The number of benzene rings is 1. The van der Waals surface area contributed by atoms with Gasteiger partial charge in [0.1, 0.15) is 16.5 Å². The number of nitrogens with zero attached hydrogens (tertiary/aromatic N) is 2. The van der Waals surface area contributed by atoms with E-state index in [0.717, 1.165) is 16.3 Å². The highest BCUT2D eigenvalue weighted by atomic mass is 32.1. The zero-order chi connectivity index (χ0) is 14.5. The van der Waals surface area contributed by atoms with Crippen molar-refractivity contribution < 1.29 is 9.53 Å². The van der Waals surface area contributed by atoms with E-state index in [-0.39, 0.29) is 5.91 Å². The third-order valence-corrected chi connectivity index (χ3v) is 3.74. The Morgan fingerprint density at radius 1 is 1.40 bits per heavy atom. The molecule has 1 amide bonds. The second kappa shape index (κ2) is 6.49. The van der Waals surface area contributed by atoms with Crippen molar-refractivity contribution in [2.24, 2.45) is 5.73 Å². The number of thiazole rings is 1. The maximum atomic E-state index is 12.2. The van der Waals surface area contributed by atoms with E-state index in [4.69, 9.17) is 10.5 Å². The summed E-state index contributed by atoms with van der Waals surface area (Å²) in [6.07, 6.45) is 0. The molecule has 0 aliphatic heterocycles. The van der Waals surface area contributed by atoms with Gasteiger partial charge in [0.05, 0.1) is 7.11 Å². The van der Waals surface area contributed by atoms with Gasteiger partial charge in [-0.25, -0.2) is 4.98 Å². The largest absolute Gasteiger partial charge is 0.497 e. The van der Waals surface area contributed by atoms with Crippen LogP contribution in [0.4, 0.5) is 0 Å². The minimum Gasteiger partial charge on any atom is -0.497 e. The van der Waals surface area contributed by atoms with Gasteiger partial charge in [0.2, 0.25) is 0 Å². The Balaban J connectivity index is 2.02. The Labute approximate surface area is 122 Å². The van der Waals surface area contributed by atoms with E-state index in [1.165, 1.54) is 11.3 Å². The highest BCUT2D eigenvalue weighted by Crippen LogP contribution is 2.15. The van der Waals surface area contributed by atoms with Crippen LogP contribution in [0.5, 0.6) is 5.75 Å². The van der Waals surface area contributed by atoms with Crippen LogP contribution in [-0.4, -0.2) is 29.9 Å². The molecule has 0 spiro atoms. The number of methoxy groups -OCH3 is 1. The molecule has 0 aliphatic rings. The lowest BCUT2D eigenvalue weighted by Gasteiger charge is -2.16. The minimum absolute atomic E-state index is 0.100. The predicted molar refractivity (Wildman–Crippen MR) is 78.8 cm³/mol. The molecule has 2 aromatic rings. The van der Waals surface area contributed by atoms with Crippen LogP contribution in [0.15, 0.2) is 29.6 Å². The highest BCUT2D eigenvalue weighted by Gasteiger charge is 2.15. The second-order valence-electron chi connectivity index (χ2n) is 4.34. The number of aromatic nitrogens is 1. The van der Waals surface area contributed by atoms with Crippen LogP contribution in [0.25, 0.3) is 0 Å². The van der Waals surface area contributed by atoms with Gasteiger partial charge in [-0.2, -0.15) is 0 Å². The van der Waals surface area contributed by atoms with Crippen molar-refractivity contribution in [3.8, 4) is 5.75 Å². The zero-order valence-electron chi connectivity index (χ0n) is 11.5. The average Bonchev–Trinajstić information content (AvgIpc) is 2.96. The standard InChI is InChI=1S/C14H17N3O2S/c1-17(8-10-3-5-11(19-2)6-4-10)14(18)12-9-20-13(7-15)16-12/h3-6,9H,7-8,15H2,1-2H3. The van der Waals surface area contributed by atoms with Gasteiger partial charge in [-0.1, -0.05) is 12.1 Å². The molecule has 0 saturated carbocycles. The molecule has 5 nitrogen and oxygen atoms in total. The summed E-state index contributed by atoms with van der Waals surface area (Å²) in [7, 11) is 3.38. The lowest BCUT2D eigenvalue weighted by molar-refractivity contribution is 0.0780. The molecule has 0 radical (unpaired) electrons. The molecule has 2 rings (SSSR count). The molecule has 1 aromatic carbocycles. The lowest BCUT2D eigenvalue weighted by Crippen LogP contribution is -2.26. The van der Waals surface area contributed by atoms with Crippen molar-refractivity contribution in [2.75, 3.05) is 14.2 Å². The van der Waals surface area contributed by atoms with Crippen LogP contribution in [-0.2, 0) is 13.1 Å². The van der Waals surface area contributed by atoms with Crippen LogP contribution in [0.1, 0.15) is 21.1 Å². The molecule has 1 heterocycles. The fraction of sp³-hybridized carbons (Fsp3) is 0.286. The second-order valence-corrected chi connectivity index (χ2v) is 5.28. The molecule has 0 aliphatic carbocycles. The van der Waals surface area contributed by atoms with Gasteiger partial charge < -0.3 is 15.4 Å². The summed E-state index contributed by atoms with van der Waals surface area (Å²) in [4.78, 5) is 18.0. The molecular weight excluding hydrogens is 274 g/mol. The van der Waals surface area contributed by atoms with E-state index in [0.29, 0.717) is 18.8 Å². The smallest absolute Gasteiger partial charge is 0.273 e. The monoisotopic (exact) mass is 291 g/mol. The third-order valence-electron chi connectivity index (χ3n) is 2.87. The average molecular weight is 291 g/mol. The zero-order valence-corrected chi connectivity index (χ0v) is 12.3. The quantitative estimate of drug-likeness (QED) is 0.913. The van der Waals surface area contributed by atoms with Crippen molar-refractivity contribution in [3.63, 3.8) is 0 Å². The Kier molecular flexibility index (Phi) is 4.70. The Bertz CT molecular complexity index is 580. The first kappa shape index (κ1) is 14.5. The Morgan fingerprint density at radius 3 is 2.65 bits per heavy atom. The van der Waals surface area contributed by atoms with Crippen LogP contribution in [0, 0.1) is 0 Å². The highest BCUT2D eigenvalue weighted by molar-refractivity contribution is 7.09. The van der Waals surface area contributed by atoms with E-state index in [9.17, 15) is 4.79 Å². The first-order valence-corrected chi connectivity index (χ1v) is 7.05. The van der Waals surface area contributed by atoms with Crippen LogP contribution >= 0.6 is 11.3 Å². The summed E-state index contributed by atoms with van der Waals surface area (Å²) in [5, 5.41) is 2.51. The normalized spacial score (nSPS) is 10.3. The Hall–Kier alpha value is -1.92. The molecule has 0 unspecified atom stereocenters. The number of hydrogen-bond donors (Lipinski definition) is 1. The topological polar surface area (TPSA) is 68.5 Å². The number of nitrogens with two attached hydrogens (primary N) is 1. The summed E-state index contributed by atoms with van der Waals surface area (Å²) in [6.45, 7) is 0.887. The van der Waals surface area contributed by atoms with Gasteiger partial charge in [0.15, 0.2) is 0 Å². The van der Waals surface area contributed by atoms with Crippen molar-refractivity contribution in [1.29, 1.82) is 0 Å². The molecule has 0 fully saturated rings. The van der Waals surface area contributed by atoms with E-state index in [1.54, 1.807) is 24.4 Å². The van der Waals surface area contributed by atoms with E-state index in [1.807, 2.05) is 24.3 Å². The van der Waals surface area contributed by atoms with Crippen molar-refractivity contribution in [3.05, 3.63) is 45.9 Å². The Morgan fingerprint density at radius 2 is 2.10 bits per heavy atom. The van der Waals surface area contributed by atoms with Gasteiger partial charge in [0.25, 0.3) is 5.91 Å². The van der Waals surface area contributed by atoms with Gasteiger partial charge >= 0.3 is 0 Å². The molecule has 2 N–H and O–H groups in total. The molecule has 20 heavy (non-hydrogen) atoms. The van der Waals surface area contributed by atoms with E-state index >= 15 is 0 Å². The van der Waals surface area contributed by atoms with Crippen molar-refractivity contribution in [1.82, 2.24) is 9.88 Å². The first-order chi connectivity index (χ1) is 9.63. The molecule has 6 heteroatoms. The molecular formula is C14H17N3O2S. The minimum atomic E-state index is -0.100. The lowest BCUT2D eigenvalue weighted by atomic mass is 10.2. The summed E-state index contributed by atoms with van der Waals surface area (Å²) < 4.78 is 5.11. The maximum absolute atomic E-state index is 12.2. The van der Waals surface area contributed by atoms with Crippen LogP contribution < -0.4 is 10.5 Å². The number of amides is 1. The first-order valence-electron chi connectivity index (χ1n) is 6.17. The summed E-state index contributed by atoms with van der Waals surface area (Å²) in [5.41, 5.74) is 6.99. The molecule has 0 atom stereocenters. The number of carbonyl (C=O) groups excluding carboxylic acids is 1. The number of hydrogen-bond acceptors (Lipinski definition) is 5. The summed E-state index contributed by atoms with van der Waals surface area (Å²) >= 11 is 1.41. The SMILES string of the molecule is COc1ccc(CN(C)C(=O)c2csc(CN)n2)cc1. The van der Waals surface area contributed by atoms with Crippen molar-refractivity contribution in [2.45, 2.75) is 13.1 Å². The van der Waals surface area contributed by atoms with Gasteiger partial charge in [-0.05, 0) is 17.7 Å². The van der Waals surface area contributed by atoms with Gasteiger partial charge in [0, 0.05) is 25.5 Å². The summed E-state index contributed by atoms with van der Waals surface area (Å²) in [6, 6.07) is 7.63. The maximum Gasteiger partial charge on any atom is 0.273 e. The molecule has 0 saturated heterocycles. The van der Waals surface area contributed by atoms with E-state index < -0.39 is 0 Å². The molecule has 1 aromatic heterocycles. The fourth-order valence-electron chi connectivity index (χ4n) is 1.78.